The largest absolute Gasteiger partial charge is 0.502 e. The maximum atomic E-state index is 14.2. The van der Waals surface area contributed by atoms with Gasteiger partial charge in [-0.15, -0.1) is 4.90 Å². The molecule has 2 aliphatic rings. The molecule has 1 saturated heterocycles. The number of imide groups is 1. The molecule has 0 radical (unpaired) electrons. The minimum Gasteiger partial charge on any atom is -0.496 e. The molecule has 11 heteroatoms. The average molecular weight is 563 g/mol. The summed E-state index contributed by atoms with van der Waals surface area (Å²) >= 11 is 0. The van der Waals surface area contributed by atoms with Gasteiger partial charge in [0.2, 0.25) is 11.4 Å². The van der Waals surface area contributed by atoms with Crippen LogP contribution in [0.25, 0.3) is 18.0 Å². The predicted octanol–water partition coefficient (Wildman–Crippen LogP) is 2.63. The fraction of sp³-hybridized carbons (Fsp3) is 0.367. The lowest BCUT2D eigenvalue weighted by Crippen LogP contribution is -2.64. The Morgan fingerprint density at radius 2 is 1.95 bits per heavy atom. The highest BCUT2D eigenvalue weighted by atomic mass is 16.5. The molecular formula is C30H32N3O8+. The van der Waals surface area contributed by atoms with Crippen LogP contribution in [0.4, 0.5) is 4.79 Å². The van der Waals surface area contributed by atoms with Gasteiger partial charge < -0.3 is 23.7 Å². The van der Waals surface area contributed by atoms with Crippen molar-refractivity contribution < 1.29 is 38.1 Å². The number of hydrogen-bond acceptors (Lipinski definition) is 8. The van der Waals surface area contributed by atoms with E-state index in [0.29, 0.717) is 48.2 Å². The van der Waals surface area contributed by atoms with Gasteiger partial charge in [-0.25, -0.2) is 14.6 Å². The summed E-state index contributed by atoms with van der Waals surface area (Å²) in [7, 11) is 1.56. The number of methoxy groups -OCH3 is 1. The standard InChI is InChI=1S/C30H31N3O8/c1-18-15-22-23(16-21(18)26-31-11-14-40-26)32(29(37)33(27(22)34)30(2,3)28(35)36)17-25(41-19-9-12-39-13-10-19)20-7-5-6-8-24(20)38-4/h5-8,11,14-16,19,25H,1,9-10,12-13,17H2,2-4H3/p+1. The van der Waals surface area contributed by atoms with Gasteiger partial charge in [-0.3, -0.25) is 0 Å². The van der Waals surface area contributed by atoms with Crippen molar-refractivity contribution in [3.05, 3.63) is 70.6 Å². The van der Waals surface area contributed by atoms with Gasteiger partial charge in [-0.1, -0.05) is 24.8 Å². The number of urea groups is 1. The molecule has 0 spiro atoms. The van der Waals surface area contributed by atoms with Crippen LogP contribution < -0.4 is 19.9 Å². The minimum absolute atomic E-state index is 0.0371. The SMILES string of the molecule is C=c1cc2c(cc1-c1ncco1)=[N+](CC(OC1CCOCC1)c1ccccc1OC)C(=O)N(C(C)(C)C(=O)O)C2=O. The second kappa shape index (κ2) is 11.3. The molecule has 1 N–H and O–H groups in total. The number of nitrogens with zero attached hydrogens (tertiary/aromatic N) is 3. The zero-order chi connectivity index (χ0) is 29.3. The molecule has 3 heterocycles. The molecule has 1 unspecified atom stereocenters. The number of hydrogen-bond donors (Lipinski definition) is 1. The zero-order valence-electron chi connectivity index (χ0n) is 23.2. The van der Waals surface area contributed by atoms with Crippen molar-refractivity contribution in [2.45, 2.75) is 44.4 Å². The first-order valence-electron chi connectivity index (χ1n) is 13.3. The monoisotopic (exact) mass is 562 g/mol. The van der Waals surface area contributed by atoms with E-state index < -0.39 is 29.6 Å². The third-order valence-corrected chi connectivity index (χ3v) is 7.47. The van der Waals surface area contributed by atoms with Gasteiger partial charge in [-0.2, -0.15) is 9.37 Å². The Balaban J connectivity index is 1.72. The highest BCUT2D eigenvalue weighted by Gasteiger charge is 2.54. The number of benzene rings is 2. The molecule has 3 aromatic rings. The minimum atomic E-state index is -1.84. The van der Waals surface area contributed by atoms with Crippen molar-refractivity contribution in [1.29, 1.82) is 0 Å². The Morgan fingerprint density at radius 1 is 1.22 bits per heavy atom. The fourth-order valence-corrected chi connectivity index (χ4v) is 5.14. The molecule has 1 atom stereocenters. The van der Waals surface area contributed by atoms with Crippen molar-refractivity contribution in [1.82, 2.24) is 14.5 Å². The number of oxazole rings is 1. The number of aliphatic carboxylic acids is 1. The van der Waals surface area contributed by atoms with Crippen LogP contribution >= 0.6 is 0 Å². The molecule has 0 aliphatic carbocycles. The van der Waals surface area contributed by atoms with E-state index in [2.05, 4.69) is 11.6 Å². The third kappa shape index (κ3) is 5.25. The van der Waals surface area contributed by atoms with Crippen LogP contribution in [0.15, 0.2) is 53.3 Å². The number of amides is 3. The average Bonchev–Trinajstić information content (AvgIpc) is 3.50. The number of para-hydroxylation sites is 1. The van der Waals surface area contributed by atoms with Gasteiger partial charge in [0.25, 0.3) is 0 Å². The molecule has 1 aromatic heterocycles. The summed E-state index contributed by atoms with van der Waals surface area (Å²) in [6.07, 6.45) is 3.42. The third-order valence-electron chi connectivity index (χ3n) is 7.47. The van der Waals surface area contributed by atoms with Crippen molar-refractivity contribution >= 4 is 24.5 Å². The summed E-state index contributed by atoms with van der Waals surface area (Å²) in [6, 6.07) is 9.71. The number of fused-ring (bicyclic) bond motifs is 1. The molecule has 11 nitrogen and oxygen atoms in total. The number of rotatable bonds is 9. The Kier molecular flexibility index (Phi) is 7.74. The Bertz CT molecular complexity index is 1590. The summed E-state index contributed by atoms with van der Waals surface area (Å²) in [5, 5.41) is 10.7. The smallest absolute Gasteiger partial charge is 0.496 e. The van der Waals surface area contributed by atoms with Gasteiger partial charge in [0.1, 0.15) is 35.6 Å². The van der Waals surface area contributed by atoms with E-state index in [1.54, 1.807) is 19.2 Å². The van der Waals surface area contributed by atoms with Gasteiger partial charge in [0, 0.05) is 24.3 Å². The van der Waals surface area contributed by atoms with Crippen molar-refractivity contribution in [2.75, 3.05) is 26.9 Å². The van der Waals surface area contributed by atoms with Crippen LogP contribution in [0.3, 0.4) is 0 Å². The quantitative estimate of drug-likeness (QED) is 0.391. The second-order valence-corrected chi connectivity index (χ2v) is 10.4. The van der Waals surface area contributed by atoms with Crippen LogP contribution in [-0.4, -0.2) is 71.4 Å². The van der Waals surface area contributed by atoms with E-state index in [9.17, 15) is 19.5 Å². The lowest BCUT2D eigenvalue weighted by Gasteiger charge is -2.32. The zero-order valence-corrected chi connectivity index (χ0v) is 23.2. The molecule has 214 valence electrons. The van der Waals surface area contributed by atoms with Crippen molar-refractivity contribution in [3.63, 3.8) is 0 Å². The van der Waals surface area contributed by atoms with E-state index >= 15 is 0 Å². The topological polar surface area (TPSA) is 131 Å². The number of ether oxygens (including phenoxy) is 3. The Labute approximate surface area is 236 Å². The lowest BCUT2D eigenvalue weighted by molar-refractivity contribution is -0.146. The number of carboxylic acids is 1. The molecule has 3 amide bonds. The van der Waals surface area contributed by atoms with E-state index in [1.165, 1.54) is 36.9 Å². The van der Waals surface area contributed by atoms with Gasteiger partial charge >= 0.3 is 17.9 Å². The maximum absolute atomic E-state index is 14.2. The maximum Gasteiger partial charge on any atom is 0.502 e. The van der Waals surface area contributed by atoms with Crippen LogP contribution in [-0.2, 0) is 14.3 Å². The number of carbonyl (C=O) groups is 3. The van der Waals surface area contributed by atoms with Crippen LogP contribution in [0.2, 0.25) is 0 Å². The van der Waals surface area contributed by atoms with Gasteiger partial charge in [-0.05, 0) is 50.1 Å². The molecule has 1 fully saturated rings. The molecule has 2 aliphatic heterocycles. The summed E-state index contributed by atoms with van der Waals surface area (Å²) < 4.78 is 24.6. The molecule has 2 aromatic carbocycles. The molecular weight excluding hydrogens is 530 g/mol. The highest BCUT2D eigenvalue weighted by molar-refractivity contribution is 6.10. The first-order chi connectivity index (χ1) is 19.6. The van der Waals surface area contributed by atoms with Crippen LogP contribution in [0.1, 0.15) is 48.7 Å². The first-order valence-corrected chi connectivity index (χ1v) is 13.3. The van der Waals surface area contributed by atoms with Crippen LogP contribution in [0.5, 0.6) is 5.75 Å². The number of aromatic nitrogens is 1. The van der Waals surface area contributed by atoms with E-state index in [4.69, 9.17) is 18.6 Å². The molecule has 41 heavy (non-hydrogen) atoms. The van der Waals surface area contributed by atoms with Crippen LogP contribution in [0, 0.1) is 0 Å². The van der Waals surface area contributed by atoms with Crippen molar-refractivity contribution in [2.24, 2.45) is 0 Å². The Hall–Kier alpha value is -4.35. The first kappa shape index (κ1) is 28.2. The van der Waals surface area contributed by atoms with Gasteiger partial charge in [0.05, 0.1) is 19.4 Å². The van der Waals surface area contributed by atoms with E-state index in [1.807, 2.05) is 18.2 Å². The van der Waals surface area contributed by atoms with Crippen molar-refractivity contribution in [3.8, 4) is 17.2 Å². The lowest BCUT2D eigenvalue weighted by atomic mass is 9.98. The molecule has 0 bridgehead atoms. The summed E-state index contributed by atoms with van der Waals surface area (Å²) in [6.45, 7) is 7.75. The van der Waals surface area contributed by atoms with Gasteiger partial charge in [0.15, 0.2) is 0 Å². The van der Waals surface area contributed by atoms with E-state index in [0.717, 1.165) is 4.90 Å². The predicted molar refractivity (Wildman–Crippen MR) is 147 cm³/mol. The fourth-order valence-electron chi connectivity index (χ4n) is 5.14. The normalized spacial score (nSPS) is 17.0. The molecule has 0 saturated carbocycles. The van der Waals surface area contributed by atoms with E-state index in [-0.39, 0.29) is 29.5 Å². The molecule has 5 rings (SSSR count). The Morgan fingerprint density at radius 3 is 2.61 bits per heavy atom. The second-order valence-electron chi connectivity index (χ2n) is 10.4. The summed E-state index contributed by atoms with van der Waals surface area (Å²) in [4.78, 5) is 45.1. The summed E-state index contributed by atoms with van der Waals surface area (Å²) in [5.41, 5.74) is -0.513. The highest BCUT2D eigenvalue weighted by Crippen LogP contribution is 2.31. The number of carboxylic acid groups (broad SMARTS) is 1. The summed E-state index contributed by atoms with van der Waals surface area (Å²) in [5.74, 6) is -1.22. The number of carbonyl (C=O) groups excluding carboxylic acids is 2.